The van der Waals surface area contributed by atoms with Crippen LogP contribution in [0, 0.1) is 11.7 Å². The summed E-state index contributed by atoms with van der Waals surface area (Å²) in [4.78, 5) is 2.30. The summed E-state index contributed by atoms with van der Waals surface area (Å²) in [7, 11) is 1.76. The van der Waals surface area contributed by atoms with Gasteiger partial charge in [-0.2, -0.15) is 0 Å². The van der Waals surface area contributed by atoms with Crippen LogP contribution in [0.3, 0.4) is 0 Å². The van der Waals surface area contributed by atoms with Crippen molar-refractivity contribution in [3.63, 3.8) is 0 Å². The first-order valence-electron chi connectivity index (χ1n) is 6.28. The topological polar surface area (TPSA) is 12.5 Å². The minimum absolute atomic E-state index is 0.179. The van der Waals surface area contributed by atoms with Crippen molar-refractivity contribution in [2.45, 2.75) is 24.8 Å². The summed E-state index contributed by atoms with van der Waals surface area (Å²) < 4.78 is 18.8. The van der Waals surface area contributed by atoms with Crippen molar-refractivity contribution in [3.8, 4) is 0 Å². The molecule has 100 valence electrons. The van der Waals surface area contributed by atoms with E-state index < -0.39 is 0 Å². The molecular formula is C14H19BrFNO. The van der Waals surface area contributed by atoms with Gasteiger partial charge < -0.3 is 9.64 Å². The zero-order valence-electron chi connectivity index (χ0n) is 10.8. The number of benzene rings is 1. The van der Waals surface area contributed by atoms with E-state index in [4.69, 9.17) is 4.74 Å². The molecule has 2 unspecified atom stereocenters. The maximum absolute atomic E-state index is 13.2. The number of methoxy groups -OCH3 is 1. The Bertz CT molecular complexity index is 413. The first-order valence-corrected chi connectivity index (χ1v) is 7.40. The van der Waals surface area contributed by atoms with Crippen molar-refractivity contribution >= 4 is 21.6 Å². The Morgan fingerprint density at radius 2 is 2.28 bits per heavy atom. The van der Waals surface area contributed by atoms with E-state index in [1.807, 2.05) is 6.07 Å². The van der Waals surface area contributed by atoms with E-state index >= 15 is 0 Å². The molecule has 1 aliphatic rings. The molecule has 2 atom stereocenters. The monoisotopic (exact) mass is 315 g/mol. The fourth-order valence-electron chi connectivity index (χ4n) is 2.53. The molecule has 0 radical (unpaired) electrons. The molecule has 1 aromatic rings. The number of nitrogens with zero attached hydrogens (tertiary/aromatic N) is 1. The van der Waals surface area contributed by atoms with E-state index in [0.717, 1.165) is 30.8 Å². The lowest BCUT2D eigenvalue weighted by atomic mass is 9.95. The van der Waals surface area contributed by atoms with Crippen molar-refractivity contribution in [1.82, 2.24) is 0 Å². The Kier molecular flexibility index (Phi) is 4.62. The van der Waals surface area contributed by atoms with Gasteiger partial charge in [0, 0.05) is 31.2 Å². The number of anilines is 1. The molecule has 18 heavy (non-hydrogen) atoms. The van der Waals surface area contributed by atoms with Gasteiger partial charge in [-0.15, -0.1) is 0 Å². The lowest BCUT2D eigenvalue weighted by Gasteiger charge is -2.38. The van der Waals surface area contributed by atoms with E-state index in [1.54, 1.807) is 13.2 Å². The number of hydrogen-bond donors (Lipinski definition) is 0. The molecule has 1 aromatic carbocycles. The standard InChI is InChI=1S/C14H19BrFNO/c1-10-5-6-17(9-14(10)18-2)13-4-3-12(16)7-11(13)8-15/h3-4,7,10,14H,5-6,8-9H2,1-2H3. The van der Waals surface area contributed by atoms with Gasteiger partial charge in [0.05, 0.1) is 6.10 Å². The van der Waals surface area contributed by atoms with Crippen LogP contribution in [0.15, 0.2) is 18.2 Å². The third-order valence-electron chi connectivity index (χ3n) is 3.72. The predicted octanol–water partition coefficient (Wildman–Crippen LogP) is 3.58. The van der Waals surface area contributed by atoms with Gasteiger partial charge in [0.1, 0.15) is 5.82 Å². The van der Waals surface area contributed by atoms with E-state index in [1.165, 1.54) is 6.07 Å². The maximum Gasteiger partial charge on any atom is 0.123 e. The van der Waals surface area contributed by atoms with Crippen LogP contribution >= 0.6 is 15.9 Å². The van der Waals surface area contributed by atoms with Crippen LogP contribution < -0.4 is 4.90 Å². The van der Waals surface area contributed by atoms with E-state index in [-0.39, 0.29) is 11.9 Å². The normalized spacial score (nSPS) is 24.3. The maximum atomic E-state index is 13.2. The average molecular weight is 316 g/mol. The summed E-state index contributed by atoms with van der Waals surface area (Å²) in [6.45, 7) is 4.11. The summed E-state index contributed by atoms with van der Waals surface area (Å²) in [5.74, 6) is 0.404. The lowest BCUT2D eigenvalue weighted by Crippen LogP contribution is -2.44. The SMILES string of the molecule is COC1CN(c2ccc(F)cc2CBr)CCC1C. The van der Waals surface area contributed by atoms with E-state index in [9.17, 15) is 4.39 Å². The molecule has 1 heterocycles. The Morgan fingerprint density at radius 1 is 1.50 bits per heavy atom. The molecule has 1 saturated heterocycles. The zero-order valence-corrected chi connectivity index (χ0v) is 12.4. The Balaban J connectivity index is 2.21. The average Bonchev–Trinajstić information content (AvgIpc) is 2.39. The van der Waals surface area contributed by atoms with Gasteiger partial charge in [-0.05, 0) is 36.1 Å². The summed E-state index contributed by atoms with van der Waals surface area (Å²) in [6.07, 6.45) is 1.37. The summed E-state index contributed by atoms with van der Waals surface area (Å²) in [5.41, 5.74) is 2.11. The van der Waals surface area contributed by atoms with Gasteiger partial charge in [-0.25, -0.2) is 4.39 Å². The molecule has 1 fully saturated rings. The van der Waals surface area contributed by atoms with Gasteiger partial charge in [0.25, 0.3) is 0 Å². The zero-order chi connectivity index (χ0) is 13.1. The van der Waals surface area contributed by atoms with Crippen LogP contribution in [0.4, 0.5) is 10.1 Å². The van der Waals surface area contributed by atoms with Crippen LogP contribution in [-0.4, -0.2) is 26.3 Å². The second kappa shape index (κ2) is 6.02. The Hall–Kier alpha value is -0.610. The second-order valence-electron chi connectivity index (χ2n) is 4.89. The molecule has 0 aromatic heterocycles. The summed E-state index contributed by atoms with van der Waals surface area (Å²) >= 11 is 3.43. The molecule has 0 spiro atoms. The number of halogens is 2. The highest BCUT2D eigenvalue weighted by Gasteiger charge is 2.27. The fraction of sp³-hybridized carbons (Fsp3) is 0.571. The van der Waals surface area contributed by atoms with Crippen molar-refractivity contribution in [3.05, 3.63) is 29.6 Å². The third-order valence-corrected chi connectivity index (χ3v) is 4.32. The van der Waals surface area contributed by atoms with Crippen LogP contribution in [-0.2, 0) is 10.1 Å². The first kappa shape index (κ1) is 13.8. The van der Waals surface area contributed by atoms with Crippen molar-refractivity contribution < 1.29 is 9.13 Å². The van der Waals surface area contributed by atoms with Crippen molar-refractivity contribution in [2.24, 2.45) is 5.92 Å². The highest BCUT2D eigenvalue weighted by atomic mass is 79.9. The number of alkyl halides is 1. The van der Waals surface area contributed by atoms with E-state index in [0.29, 0.717) is 11.2 Å². The second-order valence-corrected chi connectivity index (χ2v) is 5.45. The number of rotatable bonds is 3. The van der Waals surface area contributed by atoms with Crippen LogP contribution in [0.2, 0.25) is 0 Å². The minimum Gasteiger partial charge on any atom is -0.379 e. The molecule has 0 saturated carbocycles. The minimum atomic E-state index is -0.179. The Morgan fingerprint density at radius 3 is 2.94 bits per heavy atom. The summed E-state index contributed by atoms with van der Waals surface area (Å²) in [6, 6.07) is 5.00. The number of hydrogen-bond acceptors (Lipinski definition) is 2. The van der Waals surface area contributed by atoms with Gasteiger partial charge >= 0.3 is 0 Å². The Labute approximate surface area is 116 Å². The van der Waals surface area contributed by atoms with Crippen molar-refractivity contribution in [1.29, 1.82) is 0 Å². The number of ether oxygens (including phenoxy) is 1. The van der Waals surface area contributed by atoms with Crippen LogP contribution in [0.5, 0.6) is 0 Å². The highest BCUT2D eigenvalue weighted by molar-refractivity contribution is 9.08. The highest BCUT2D eigenvalue weighted by Crippen LogP contribution is 2.29. The third kappa shape index (κ3) is 2.86. The largest absolute Gasteiger partial charge is 0.379 e. The first-order chi connectivity index (χ1) is 8.65. The quantitative estimate of drug-likeness (QED) is 0.790. The molecule has 0 aliphatic carbocycles. The molecule has 2 nitrogen and oxygen atoms in total. The van der Waals surface area contributed by atoms with Gasteiger partial charge in [0.2, 0.25) is 0 Å². The number of piperidine rings is 1. The molecule has 4 heteroatoms. The summed E-state index contributed by atoms with van der Waals surface area (Å²) in [5, 5.41) is 0.670. The molecule has 0 bridgehead atoms. The predicted molar refractivity (Wildman–Crippen MR) is 75.8 cm³/mol. The lowest BCUT2D eigenvalue weighted by molar-refractivity contribution is 0.0498. The van der Waals surface area contributed by atoms with Crippen LogP contribution in [0.25, 0.3) is 0 Å². The van der Waals surface area contributed by atoms with Gasteiger partial charge in [0.15, 0.2) is 0 Å². The molecule has 2 rings (SSSR count). The van der Waals surface area contributed by atoms with Gasteiger partial charge in [-0.1, -0.05) is 22.9 Å². The fourth-order valence-corrected chi connectivity index (χ4v) is 2.98. The van der Waals surface area contributed by atoms with E-state index in [2.05, 4.69) is 27.8 Å². The smallest absolute Gasteiger partial charge is 0.123 e. The molecular weight excluding hydrogens is 297 g/mol. The van der Waals surface area contributed by atoms with Gasteiger partial charge in [-0.3, -0.25) is 0 Å². The van der Waals surface area contributed by atoms with Crippen LogP contribution in [0.1, 0.15) is 18.9 Å². The molecule has 0 amide bonds. The molecule has 1 aliphatic heterocycles. The molecule has 0 N–H and O–H groups in total. The van der Waals surface area contributed by atoms with Crippen molar-refractivity contribution in [2.75, 3.05) is 25.1 Å².